The van der Waals surface area contributed by atoms with Crippen LogP contribution in [0.4, 0.5) is 0 Å². The SMILES string of the molecule is CC#C[C@]1(O)CC[C@H]2[C@@H]3CCC4=CC(=O)CCC4=C3[C@@H](c3ccc4c(c3)OCCO4)C[C@@]21C. The van der Waals surface area contributed by atoms with Crippen LogP contribution in [-0.4, -0.2) is 29.7 Å². The zero-order chi connectivity index (χ0) is 22.8. The van der Waals surface area contributed by atoms with Gasteiger partial charge < -0.3 is 14.6 Å². The standard InChI is InChI=1S/C29H32O4/c1-3-11-29(31)12-10-24-22-7-4-18-15-20(30)6-8-21(18)27(22)23(17-28(24,29)2)19-5-9-25-26(16-19)33-14-13-32-25/h5,9,15-16,22-24,31H,4,6-8,10,12-14,17H2,1-2H3/t22-,23+,24-,28-,29-/m0/s1. The van der Waals surface area contributed by atoms with E-state index in [-0.39, 0.29) is 17.1 Å². The van der Waals surface area contributed by atoms with Crippen molar-refractivity contribution in [2.45, 2.75) is 70.3 Å². The Labute approximate surface area is 196 Å². The summed E-state index contributed by atoms with van der Waals surface area (Å²) in [7, 11) is 0. The molecule has 2 saturated carbocycles. The number of ether oxygens (including phenoxy) is 2. The summed E-state index contributed by atoms with van der Waals surface area (Å²) >= 11 is 0. The van der Waals surface area contributed by atoms with Crippen molar-refractivity contribution >= 4 is 5.78 Å². The van der Waals surface area contributed by atoms with E-state index < -0.39 is 5.60 Å². The smallest absolute Gasteiger partial charge is 0.161 e. The van der Waals surface area contributed by atoms with Gasteiger partial charge in [0.15, 0.2) is 17.3 Å². The number of carbonyl (C=O) groups excluding carboxylic acids is 1. The summed E-state index contributed by atoms with van der Waals surface area (Å²) in [5.74, 6) is 9.17. The molecule has 4 heteroatoms. The summed E-state index contributed by atoms with van der Waals surface area (Å²) in [6, 6.07) is 6.37. The molecule has 1 aromatic carbocycles. The van der Waals surface area contributed by atoms with E-state index in [1.165, 1.54) is 22.3 Å². The maximum absolute atomic E-state index is 12.2. The molecule has 6 rings (SSSR count). The molecule has 0 unspecified atom stereocenters. The molecule has 0 amide bonds. The monoisotopic (exact) mass is 444 g/mol. The van der Waals surface area contributed by atoms with Crippen molar-refractivity contribution in [3.8, 4) is 23.3 Å². The van der Waals surface area contributed by atoms with Crippen molar-refractivity contribution in [3.63, 3.8) is 0 Å². The van der Waals surface area contributed by atoms with Crippen LogP contribution in [0.3, 0.4) is 0 Å². The third kappa shape index (κ3) is 3.05. The molecule has 4 nitrogen and oxygen atoms in total. The first-order valence-corrected chi connectivity index (χ1v) is 12.5. The summed E-state index contributed by atoms with van der Waals surface area (Å²) in [6.07, 6.45) is 7.99. The molecule has 0 radical (unpaired) electrons. The fraction of sp³-hybridized carbons (Fsp3) is 0.552. The van der Waals surface area contributed by atoms with Gasteiger partial charge in [-0.15, -0.1) is 5.92 Å². The number of fused-ring (bicyclic) bond motifs is 5. The van der Waals surface area contributed by atoms with Crippen molar-refractivity contribution in [1.29, 1.82) is 0 Å². The first kappa shape index (κ1) is 21.1. The number of ketones is 1. The number of hydrogen-bond donors (Lipinski definition) is 1. The average Bonchev–Trinajstić information content (AvgIpc) is 3.08. The van der Waals surface area contributed by atoms with Gasteiger partial charge in [-0.05, 0) is 92.2 Å². The lowest BCUT2D eigenvalue weighted by Crippen LogP contribution is -2.51. The number of carbonyl (C=O) groups is 1. The Bertz CT molecular complexity index is 1150. The number of hydrogen-bond acceptors (Lipinski definition) is 4. The Morgan fingerprint density at radius 1 is 1.09 bits per heavy atom. The van der Waals surface area contributed by atoms with Crippen LogP contribution in [0, 0.1) is 29.1 Å². The summed E-state index contributed by atoms with van der Waals surface area (Å²) < 4.78 is 11.7. The Morgan fingerprint density at radius 3 is 2.73 bits per heavy atom. The van der Waals surface area contributed by atoms with Gasteiger partial charge in [-0.3, -0.25) is 4.79 Å². The quantitative estimate of drug-likeness (QED) is 0.612. The van der Waals surface area contributed by atoms with Crippen LogP contribution in [0.25, 0.3) is 0 Å². The van der Waals surface area contributed by atoms with Crippen LogP contribution < -0.4 is 9.47 Å². The van der Waals surface area contributed by atoms with E-state index in [0.717, 1.165) is 50.0 Å². The molecular weight excluding hydrogens is 412 g/mol. The Hall–Kier alpha value is -2.51. The van der Waals surface area contributed by atoms with E-state index >= 15 is 0 Å². The molecule has 1 aliphatic heterocycles. The summed E-state index contributed by atoms with van der Waals surface area (Å²) in [4.78, 5) is 12.2. The van der Waals surface area contributed by atoms with E-state index in [9.17, 15) is 9.90 Å². The lowest BCUT2D eigenvalue weighted by molar-refractivity contribution is -0.114. The number of aliphatic hydroxyl groups is 1. The molecule has 1 heterocycles. The number of allylic oxidation sites excluding steroid dienone is 4. The zero-order valence-electron chi connectivity index (χ0n) is 19.6. The maximum atomic E-state index is 12.2. The van der Waals surface area contributed by atoms with Gasteiger partial charge in [0.2, 0.25) is 0 Å². The van der Waals surface area contributed by atoms with Gasteiger partial charge in [-0.2, -0.15) is 0 Å². The van der Waals surface area contributed by atoms with Crippen LogP contribution in [0.2, 0.25) is 0 Å². The van der Waals surface area contributed by atoms with Crippen LogP contribution in [-0.2, 0) is 4.79 Å². The molecule has 172 valence electrons. The second kappa shape index (κ2) is 7.50. The van der Waals surface area contributed by atoms with Crippen molar-refractivity contribution in [3.05, 3.63) is 46.6 Å². The number of rotatable bonds is 1. The van der Waals surface area contributed by atoms with E-state index in [0.29, 0.717) is 31.5 Å². The van der Waals surface area contributed by atoms with E-state index in [4.69, 9.17) is 9.47 Å². The minimum Gasteiger partial charge on any atom is -0.486 e. The fourth-order valence-electron chi connectivity index (χ4n) is 7.65. The third-order valence-electron chi connectivity index (χ3n) is 9.19. The molecule has 0 bridgehead atoms. The zero-order valence-corrected chi connectivity index (χ0v) is 19.6. The molecule has 0 aromatic heterocycles. The molecule has 0 saturated heterocycles. The van der Waals surface area contributed by atoms with Crippen molar-refractivity contribution in [2.24, 2.45) is 17.3 Å². The Kier molecular flexibility index (Phi) is 4.79. The topological polar surface area (TPSA) is 55.8 Å². The van der Waals surface area contributed by atoms with E-state index in [1.54, 1.807) is 0 Å². The molecule has 33 heavy (non-hydrogen) atoms. The molecule has 4 aliphatic carbocycles. The highest BCUT2D eigenvalue weighted by Crippen LogP contribution is 2.66. The summed E-state index contributed by atoms with van der Waals surface area (Å²) in [5.41, 5.74) is 4.20. The minimum atomic E-state index is -0.951. The van der Waals surface area contributed by atoms with Crippen LogP contribution >= 0.6 is 0 Å². The van der Waals surface area contributed by atoms with Gasteiger partial charge in [0.25, 0.3) is 0 Å². The van der Waals surface area contributed by atoms with Crippen LogP contribution in [0.5, 0.6) is 11.5 Å². The molecule has 2 fully saturated rings. The van der Waals surface area contributed by atoms with Gasteiger partial charge in [0, 0.05) is 17.8 Å². The van der Waals surface area contributed by atoms with Crippen molar-refractivity contribution in [1.82, 2.24) is 0 Å². The largest absolute Gasteiger partial charge is 0.486 e. The predicted octanol–water partition coefficient (Wildman–Crippen LogP) is 5.11. The van der Waals surface area contributed by atoms with Gasteiger partial charge in [-0.1, -0.05) is 24.5 Å². The highest BCUT2D eigenvalue weighted by Gasteiger charge is 2.62. The van der Waals surface area contributed by atoms with Gasteiger partial charge >= 0.3 is 0 Å². The summed E-state index contributed by atoms with van der Waals surface area (Å²) in [6.45, 7) is 5.26. The van der Waals surface area contributed by atoms with E-state index in [1.807, 2.05) is 19.1 Å². The summed E-state index contributed by atoms with van der Waals surface area (Å²) in [5, 5.41) is 11.8. The van der Waals surface area contributed by atoms with E-state index in [2.05, 4.69) is 30.9 Å². The number of benzene rings is 1. The van der Waals surface area contributed by atoms with Gasteiger partial charge in [0.05, 0.1) is 0 Å². The molecular formula is C29H32O4. The van der Waals surface area contributed by atoms with Crippen LogP contribution in [0.1, 0.15) is 70.3 Å². The predicted molar refractivity (Wildman–Crippen MR) is 126 cm³/mol. The van der Waals surface area contributed by atoms with Crippen molar-refractivity contribution < 1.29 is 19.4 Å². The molecule has 1 aromatic rings. The maximum Gasteiger partial charge on any atom is 0.161 e. The highest BCUT2D eigenvalue weighted by molar-refractivity contribution is 5.93. The molecule has 5 atom stereocenters. The highest BCUT2D eigenvalue weighted by atomic mass is 16.6. The Morgan fingerprint density at radius 2 is 1.91 bits per heavy atom. The molecule has 0 spiro atoms. The second-order valence-corrected chi connectivity index (χ2v) is 10.7. The Balaban J connectivity index is 1.53. The van der Waals surface area contributed by atoms with Gasteiger partial charge in [-0.25, -0.2) is 0 Å². The average molecular weight is 445 g/mol. The first-order valence-electron chi connectivity index (χ1n) is 12.5. The minimum absolute atomic E-state index is 0.183. The van der Waals surface area contributed by atoms with Crippen molar-refractivity contribution in [2.75, 3.05) is 13.2 Å². The fourth-order valence-corrected chi connectivity index (χ4v) is 7.65. The molecule has 5 aliphatic rings. The lowest BCUT2D eigenvalue weighted by Gasteiger charge is -2.53. The van der Waals surface area contributed by atoms with Gasteiger partial charge in [0.1, 0.15) is 18.8 Å². The first-order chi connectivity index (χ1) is 15.9. The molecule has 1 N–H and O–H groups in total. The second-order valence-electron chi connectivity index (χ2n) is 10.7. The third-order valence-corrected chi connectivity index (χ3v) is 9.19. The van der Waals surface area contributed by atoms with Crippen LogP contribution in [0.15, 0.2) is 41.0 Å². The lowest BCUT2D eigenvalue weighted by atomic mass is 9.51. The normalized spacial score (nSPS) is 36.8.